The van der Waals surface area contributed by atoms with Crippen LogP contribution in [0, 0.1) is 6.92 Å². The maximum absolute atomic E-state index is 4.32. The van der Waals surface area contributed by atoms with Gasteiger partial charge in [-0.05, 0) is 31.0 Å². The highest BCUT2D eigenvalue weighted by Crippen LogP contribution is 2.09. The zero-order chi connectivity index (χ0) is 10.7. The number of hydrogen-bond acceptors (Lipinski definition) is 2. The lowest BCUT2D eigenvalue weighted by molar-refractivity contribution is 0.848. The summed E-state index contributed by atoms with van der Waals surface area (Å²) in [4.78, 5) is 4.32. The Morgan fingerprint density at radius 1 is 1.40 bits per heavy atom. The van der Waals surface area contributed by atoms with E-state index in [1.807, 2.05) is 36.3 Å². The Morgan fingerprint density at radius 2 is 2.27 bits per heavy atom. The summed E-state index contributed by atoms with van der Waals surface area (Å²) in [5.74, 6) is 0. The molecule has 3 heteroatoms. The Bertz CT molecular complexity index is 446. The van der Waals surface area contributed by atoms with Gasteiger partial charge in [-0.15, -0.1) is 0 Å². The summed E-state index contributed by atoms with van der Waals surface area (Å²) in [6, 6.07) is 4.07. The van der Waals surface area contributed by atoms with Crippen LogP contribution in [0.25, 0.3) is 5.69 Å². The molecule has 0 amide bonds. The number of aryl methyl sites for hydroxylation is 2. The largest absolute Gasteiger partial charge is 0.261 e. The molecule has 0 radical (unpaired) electrons. The SMILES string of the molecule is CCCc1cc(-n2cc(C)cn2)ccn1. The van der Waals surface area contributed by atoms with Crippen LogP contribution in [-0.2, 0) is 6.42 Å². The topological polar surface area (TPSA) is 30.7 Å². The molecule has 0 saturated carbocycles. The summed E-state index contributed by atoms with van der Waals surface area (Å²) < 4.78 is 1.89. The van der Waals surface area contributed by atoms with Crippen molar-refractivity contribution < 1.29 is 0 Å². The van der Waals surface area contributed by atoms with Crippen LogP contribution in [0.1, 0.15) is 24.6 Å². The second-order valence-corrected chi connectivity index (χ2v) is 3.72. The van der Waals surface area contributed by atoms with Gasteiger partial charge in [0.15, 0.2) is 0 Å². The van der Waals surface area contributed by atoms with Gasteiger partial charge in [-0.3, -0.25) is 4.98 Å². The van der Waals surface area contributed by atoms with Crippen LogP contribution in [0.2, 0.25) is 0 Å². The van der Waals surface area contributed by atoms with Gasteiger partial charge in [-0.1, -0.05) is 13.3 Å². The zero-order valence-electron chi connectivity index (χ0n) is 9.14. The average molecular weight is 201 g/mol. The molecule has 0 aliphatic heterocycles. The highest BCUT2D eigenvalue weighted by atomic mass is 15.3. The number of rotatable bonds is 3. The highest BCUT2D eigenvalue weighted by molar-refractivity contribution is 5.31. The molecular weight excluding hydrogens is 186 g/mol. The quantitative estimate of drug-likeness (QED) is 0.764. The van der Waals surface area contributed by atoms with Crippen molar-refractivity contribution in [1.82, 2.24) is 14.8 Å². The number of hydrogen-bond donors (Lipinski definition) is 0. The van der Waals surface area contributed by atoms with E-state index in [1.54, 1.807) is 0 Å². The molecule has 2 aromatic rings. The third-order valence-electron chi connectivity index (χ3n) is 2.28. The van der Waals surface area contributed by atoms with Crippen LogP contribution in [0.4, 0.5) is 0 Å². The summed E-state index contributed by atoms with van der Waals surface area (Å²) in [5.41, 5.74) is 3.38. The minimum atomic E-state index is 1.02. The van der Waals surface area contributed by atoms with E-state index in [2.05, 4.69) is 23.1 Å². The molecule has 0 N–H and O–H groups in total. The first-order valence-electron chi connectivity index (χ1n) is 5.26. The molecule has 15 heavy (non-hydrogen) atoms. The monoisotopic (exact) mass is 201 g/mol. The first-order valence-corrected chi connectivity index (χ1v) is 5.26. The molecular formula is C12H15N3. The van der Waals surface area contributed by atoms with Gasteiger partial charge in [0.2, 0.25) is 0 Å². The summed E-state index contributed by atoms with van der Waals surface area (Å²) in [6.07, 6.45) is 7.87. The molecule has 0 unspecified atom stereocenters. The van der Waals surface area contributed by atoms with Crippen molar-refractivity contribution in [2.24, 2.45) is 0 Å². The van der Waals surface area contributed by atoms with Crippen LogP contribution >= 0.6 is 0 Å². The summed E-state index contributed by atoms with van der Waals surface area (Å²) >= 11 is 0. The van der Waals surface area contributed by atoms with Gasteiger partial charge < -0.3 is 0 Å². The van der Waals surface area contributed by atoms with Gasteiger partial charge in [0.25, 0.3) is 0 Å². The lowest BCUT2D eigenvalue weighted by atomic mass is 10.2. The number of aromatic nitrogens is 3. The molecule has 0 aromatic carbocycles. The predicted molar refractivity (Wildman–Crippen MR) is 60.1 cm³/mol. The fraction of sp³-hybridized carbons (Fsp3) is 0.333. The van der Waals surface area contributed by atoms with E-state index in [4.69, 9.17) is 0 Å². The van der Waals surface area contributed by atoms with Crippen molar-refractivity contribution >= 4 is 0 Å². The van der Waals surface area contributed by atoms with Crippen molar-refractivity contribution in [2.75, 3.05) is 0 Å². The molecule has 0 bridgehead atoms. The first-order chi connectivity index (χ1) is 7.29. The van der Waals surface area contributed by atoms with Crippen molar-refractivity contribution in [2.45, 2.75) is 26.7 Å². The van der Waals surface area contributed by atoms with Gasteiger partial charge >= 0.3 is 0 Å². The molecule has 0 saturated heterocycles. The minimum Gasteiger partial charge on any atom is -0.261 e. The maximum atomic E-state index is 4.32. The van der Waals surface area contributed by atoms with E-state index in [1.165, 1.54) is 5.56 Å². The number of pyridine rings is 1. The third-order valence-corrected chi connectivity index (χ3v) is 2.28. The molecule has 0 fully saturated rings. The Balaban J connectivity index is 2.32. The Labute approximate surface area is 89.8 Å². The fourth-order valence-corrected chi connectivity index (χ4v) is 1.55. The fourth-order valence-electron chi connectivity index (χ4n) is 1.55. The number of nitrogens with zero attached hydrogens (tertiary/aromatic N) is 3. The van der Waals surface area contributed by atoms with Crippen LogP contribution in [0.5, 0.6) is 0 Å². The van der Waals surface area contributed by atoms with Crippen molar-refractivity contribution in [3.8, 4) is 5.69 Å². The van der Waals surface area contributed by atoms with Gasteiger partial charge in [0.1, 0.15) is 0 Å². The van der Waals surface area contributed by atoms with Crippen LogP contribution in [-0.4, -0.2) is 14.8 Å². The zero-order valence-corrected chi connectivity index (χ0v) is 9.14. The van der Waals surface area contributed by atoms with E-state index < -0.39 is 0 Å². The molecule has 78 valence electrons. The van der Waals surface area contributed by atoms with Crippen LogP contribution < -0.4 is 0 Å². The van der Waals surface area contributed by atoms with Crippen molar-refractivity contribution in [3.63, 3.8) is 0 Å². The van der Waals surface area contributed by atoms with Crippen molar-refractivity contribution in [1.29, 1.82) is 0 Å². The molecule has 0 atom stereocenters. The van der Waals surface area contributed by atoms with Gasteiger partial charge in [-0.2, -0.15) is 5.10 Å². The molecule has 2 aromatic heterocycles. The normalized spacial score (nSPS) is 10.5. The lowest BCUT2D eigenvalue weighted by Crippen LogP contribution is -1.97. The highest BCUT2D eigenvalue weighted by Gasteiger charge is 2.00. The van der Waals surface area contributed by atoms with Crippen LogP contribution in [0.15, 0.2) is 30.7 Å². The molecule has 3 nitrogen and oxygen atoms in total. The van der Waals surface area contributed by atoms with E-state index in [-0.39, 0.29) is 0 Å². The maximum Gasteiger partial charge on any atom is 0.0679 e. The molecule has 2 heterocycles. The van der Waals surface area contributed by atoms with E-state index in [0.29, 0.717) is 0 Å². The summed E-state index contributed by atoms with van der Waals surface area (Å²) in [5, 5.41) is 4.28. The summed E-state index contributed by atoms with van der Waals surface area (Å²) in [7, 11) is 0. The summed E-state index contributed by atoms with van der Waals surface area (Å²) in [6.45, 7) is 4.20. The predicted octanol–water partition coefficient (Wildman–Crippen LogP) is 2.53. The molecule has 0 aliphatic rings. The standard InChI is InChI=1S/C12H15N3/c1-3-4-11-7-12(5-6-13-11)15-9-10(2)8-14-15/h5-9H,3-4H2,1-2H3. The minimum absolute atomic E-state index is 1.02. The van der Waals surface area contributed by atoms with Gasteiger partial charge in [0, 0.05) is 18.1 Å². The third kappa shape index (κ3) is 2.24. The molecule has 0 spiro atoms. The van der Waals surface area contributed by atoms with Crippen molar-refractivity contribution in [3.05, 3.63) is 42.0 Å². The lowest BCUT2D eigenvalue weighted by Gasteiger charge is -2.03. The smallest absolute Gasteiger partial charge is 0.0679 e. The molecule has 2 rings (SSSR count). The second-order valence-electron chi connectivity index (χ2n) is 3.72. The second kappa shape index (κ2) is 4.26. The van der Waals surface area contributed by atoms with E-state index >= 15 is 0 Å². The first kappa shape index (κ1) is 9.90. The Hall–Kier alpha value is -1.64. The average Bonchev–Trinajstić information content (AvgIpc) is 2.66. The van der Waals surface area contributed by atoms with Gasteiger partial charge in [0.05, 0.1) is 11.9 Å². The molecule has 0 aliphatic carbocycles. The van der Waals surface area contributed by atoms with E-state index in [9.17, 15) is 0 Å². The van der Waals surface area contributed by atoms with Gasteiger partial charge in [-0.25, -0.2) is 4.68 Å². The van der Waals surface area contributed by atoms with Crippen LogP contribution in [0.3, 0.4) is 0 Å². The Morgan fingerprint density at radius 3 is 2.93 bits per heavy atom. The van der Waals surface area contributed by atoms with E-state index in [0.717, 1.165) is 24.2 Å². The Kier molecular flexibility index (Phi) is 2.81.